The summed E-state index contributed by atoms with van der Waals surface area (Å²) in [6.45, 7) is 4.08. The first-order chi connectivity index (χ1) is 12.2. The minimum Gasteiger partial charge on any atom is -0.370 e. The third-order valence-corrected chi connectivity index (χ3v) is 4.66. The van der Waals surface area contributed by atoms with Crippen molar-refractivity contribution in [3.05, 3.63) is 57.8 Å². The lowest BCUT2D eigenvalue weighted by atomic mass is 10.1. The monoisotopic (exact) mass is 486 g/mol. The first-order valence-electron chi connectivity index (χ1n) is 8.62. The molecule has 0 unspecified atom stereocenters. The van der Waals surface area contributed by atoms with Gasteiger partial charge in [0.05, 0.1) is 6.54 Å². The van der Waals surface area contributed by atoms with Gasteiger partial charge in [0.1, 0.15) is 0 Å². The van der Waals surface area contributed by atoms with E-state index in [1.165, 1.54) is 4.88 Å². The van der Waals surface area contributed by atoms with Crippen molar-refractivity contribution in [3.63, 3.8) is 0 Å². The predicted octanol–water partition coefficient (Wildman–Crippen LogP) is 3.54. The number of nitrogens with two attached hydrogens (primary N) is 1. The van der Waals surface area contributed by atoms with Crippen LogP contribution in [0.1, 0.15) is 40.6 Å². The maximum atomic E-state index is 11.9. The van der Waals surface area contributed by atoms with Crippen molar-refractivity contribution in [3.8, 4) is 0 Å². The molecule has 1 aromatic carbocycles. The van der Waals surface area contributed by atoms with Crippen LogP contribution in [0.15, 0.2) is 46.8 Å². The Hall–Kier alpha value is -1.61. The Kier molecular flexibility index (Phi) is 11.0. The maximum Gasteiger partial charge on any atom is 0.251 e. The number of benzene rings is 1. The number of guanidine groups is 1. The van der Waals surface area contributed by atoms with Gasteiger partial charge in [-0.1, -0.05) is 31.5 Å². The number of rotatable bonds is 9. The van der Waals surface area contributed by atoms with Gasteiger partial charge in [0, 0.05) is 23.5 Å². The first-order valence-corrected chi connectivity index (χ1v) is 9.50. The summed E-state index contributed by atoms with van der Waals surface area (Å²) in [7, 11) is 0. The second-order valence-corrected chi connectivity index (χ2v) is 6.80. The van der Waals surface area contributed by atoms with E-state index in [-0.39, 0.29) is 29.9 Å². The van der Waals surface area contributed by atoms with Gasteiger partial charge in [-0.25, -0.2) is 4.99 Å². The fraction of sp³-hybridized carbons (Fsp3) is 0.368. The second-order valence-electron chi connectivity index (χ2n) is 5.76. The van der Waals surface area contributed by atoms with Gasteiger partial charge in [-0.3, -0.25) is 4.79 Å². The molecule has 7 heteroatoms. The van der Waals surface area contributed by atoms with Gasteiger partial charge in [-0.05, 0) is 42.0 Å². The highest BCUT2D eigenvalue weighted by Gasteiger charge is 2.04. The Morgan fingerprint density at radius 1 is 1.15 bits per heavy atom. The van der Waals surface area contributed by atoms with Crippen LogP contribution in [-0.2, 0) is 13.0 Å². The number of nitrogens with zero attached hydrogens (tertiary/aromatic N) is 1. The topological polar surface area (TPSA) is 79.5 Å². The molecule has 1 aromatic heterocycles. The van der Waals surface area contributed by atoms with E-state index in [0.29, 0.717) is 18.1 Å². The molecule has 142 valence electrons. The Morgan fingerprint density at radius 2 is 1.92 bits per heavy atom. The maximum absolute atomic E-state index is 11.9. The van der Waals surface area contributed by atoms with Gasteiger partial charge in [0.25, 0.3) is 5.91 Å². The highest BCUT2D eigenvalue weighted by molar-refractivity contribution is 14.0. The molecule has 0 radical (unpaired) electrons. The predicted molar refractivity (Wildman–Crippen MR) is 120 cm³/mol. The number of halogens is 1. The van der Waals surface area contributed by atoms with Gasteiger partial charge in [0.15, 0.2) is 5.96 Å². The number of hydrogen-bond donors (Lipinski definition) is 3. The summed E-state index contributed by atoms with van der Waals surface area (Å²) >= 11 is 1.74. The third kappa shape index (κ3) is 8.18. The average Bonchev–Trinajstić information content (AvgIpc) is 3.14. The Balaban J connectivity index is 0.00000338. The molecule has 0 spiro atoms. The summed E-state index contributed by atoms with van der Waals surface area (Å²) in [4.78, 5) is 17.6. The van der Waals surface area contributed by atoms with Crippen molar-refractivity contribution in [2.75, 3.05) is 13.1 Å². The number of amides is 1. The number of hydrogen-bond acceptors (Lipinski definition) is 3. The zero-order valence-corrected chi connectivity index (χ0v) is 18.2. The first kappa shape index (κ1) is 22.4. The van der Waals surface area contributed by atoms with Crippen molar-refractivity contribution in [2.24, 2.45) is 10.7 Å². The van der Waals surface area contributed by atoms with Crippen LogP contribution in [-0.4, -0.2) is 25.0 Å². The zero-order valence-electron chi connectivity index (χ0n) is 15.0. The Labute approximate surface area is 176 Å². The Morgan fingerprint density at radius 3 is 2.58 bits per heavy atom. The van der Waals surface area contributed by atoms with Crippen LogP contribution >= 0.6 is 35.3 Å². The number of thiophene rings is 1. The summed E-state index contributed by atoms with van der Waals surface area (Å²) in [5.74, 6) is 0.413. The Bertz CT molecular complexity index is 671. The molecule has 4 N–H and O–H groups in total. The molecule has 0 saturated heterocycles. The summed E-state index contributed by atoms with van der Waals surface area (Å²) in [5.41, 5.74) is 7.58. The summed E-state index contributed by atoms with van der Waals surface area (Å²) in [6.07, 6.45) is 3.01. The molecule has 0 bridgehead atoms. The molecular weight excluding hydrogens is 459 g/mol. The van der Waals surface area contributed by atoms with Crippen molar-refractivity contribution in [1.29, 1.82) is 0 Å². The molecule has 1 heterocycles. The third-order valence-electron chi connectivity index (χ3n) is 3.72. The van der Waals surface area contributed by atoms with Crippen LogP contribution in [0.4, 0.5) is 0 Å². The molecular formula is C19H27IN4OS. The fourth-order valence-corrected chi connectivity index (χ4v) is 2.95. The van der Waals surface area contributed by atoms with Crippen LogP contribution in [0.3, 0.4) is 0 Å². The zero-order chi connectivity index (χ0) is 17.9. The minimum absolute atomic E-state index is 0. The van der Waals surface area contributed by atoms with Crippen LogP contribution in [0.25, 0.3) is 0 Å². The summed E-state index contributed by atoms with van der Waals surface area (Å²) in [5, 5.41) is 8.10. The lowest BCUT2D eigenvalue weighted by Gasteiger charge is -2.06. The van der Waals surface area contributed by atoms with E-state index in [4.69, 9.17) is 5.73 Å². The number of unbranched alkanes of at least 4 members (excludes halogenated alkanes) is 1. The fourth-order valence-electron chi connectivity index (χ4n) is 2.24. The van der Waals surface area contributed by atoms with Crippen molar-refractivity contribution in [2.45, 2.75) is 32.7 Å². The van der Waals surface area contributed by atoms with Gasteiger partial charge in [-0.2, -0.15) is 0 Å². The highest BCUT2D eigenvalue weighted by Crippen LogP contribution is 2.08. The van der Waals surface area contributed by atoms with E-state index in [9.17, 15) is 4.79 Å². The minimum atomic E-state index is -0.0294. The lowest BCUT2D eigenvalue weighted by molar-refractivity contribution is 0.0953. The standard InChI is InChI=1S/C19H26N4OS.HI/c1-2-3-11-21-18(24)16-8-6-15(7-9-16)14-23-19(20)22-12-10-17-5-4-13-25-17;/h4-9,13H,2-3,10-12,14H2,1H3,(H,21,24)(H3,20,22,23);1H. The molecule has 2 aromatic rings. The van der Waals surface area contributed by atoms with E-state index in [0.717, 1.165) is 37.9 Å². The molecule has 0 aliphatic rings. The van der Waals surface area contributed by atoms with Crippen molar-refractivity contribution >= 4 is 47.2 Å². The smallest absolute Gasteiger partial charge is 0.251 e. The molecule has 0 fully saturated rings. The quantitative estimate of drug-likeness (QED) is 0.220. The number of carbonyl (C=O) groups is 1. The average molecular weight is 486 g/mol. The van der Waals surface area contributed by atoms with Crippen LogP contribution < -0.4 is 16.4 Å². The van der Waals surface area contributed by atoms with E-state index in [1.807, 2.05) is 30.3 Å². The van der Waals surface area contributed by atoms with Crippen molar-refractivity contribution in [1.82, 2.24) is 10.6 Å². The molecule has 0 saturated carbocycles. The van der Waals surface area contributed by atoms with Gasteiger partial charge in [0.2, 0.25) is 0 Å². The van der Waals surface area contributed by atoms with Gasteiger partial charge in [-0.15, -0.1) is 35.3 Å². The number of nitrogens with one attached hydrogen (secondary N) is 2. The molecule has 1 amide bonds. The second kappa shape index (κ2) is 12.7. The summed E-state index contributed by atoms with van der Waals surface area (Å²) in [6, 6.07) is 11.6. The van der Waals surface area contributed by atoms with E-state index in [1.54, 1.807) is 11.3 Å². The highest BCUT2D eigenvalue weighted by atomic mass is 127. The number of aliphatic imine (C=N–C) groups is 1. The van der Waals surface area contributed by atoms with E-state index in [2.05, 4.69) is 34.0 Å². The van der Waals surface area contributed by atoms with Crippen LogP contribution in [0.2, 0.25) is 0 Å². The van der Waals surface area contributed by atoms with E-state index >= 15 is 0 Å². The molecule has 5 nitrogen and oxygen atoms in total. The SMILES string of the molecule is CCCCNC(=O)c1ccc(CN=C(N)NCCc2cccs2)cc1.I. The van der Waals surface area contributed by atoms with Crippen LogP contribution in [0, 0.1) is 0 Å². The molecule has 0 atom stereocenters. The largest absolute Gasteiger partial charge is 0.370 e. The summed E-state index contributed by atoms with van der Waals surface area (Å²) < 4.78 is 0. The lowest BCUT2D eigenvalue weighted by Crippen LogP contribution is -2.33. The van der Waals surface area contributed by atoms with E-state index < -0.39 is 0 Å². The number of carbonyl (C=O) groups excluding carboxylic acids is 1. The molecule has 0 aliphatic carbocycles. The van der Waals surface area contributed by atoms with Crippen molar-refractivity contribution < 1.29 is 4.79 Å². The molecule has 2 rings (SSSR count). The molecule has 26 heavy (non-hydrogen) atoms. The van der Waals surface area contributed by atoms with Gasteiger partial charge >= 0.3 is 0 Å². The normalized spacial score (nSPS) is 10.9. The van der Waals surface area contributed by atoms with Crippen LogP contribution in [0.5, 0.6) is 0 Å². The molecule has 0 aliphatic heterocycles. The van der Waals surface area contributed by atoms with Gasteiger partial charge < -0.3 is 16.4 Å².